The topological polar surface area (TPSA) is 48.1 Å². The largest absolute Gasteiger partial charge is 0.363 e. The molecule has 0 radical (unpaired) electrons. The Labute approximate surface area is 169 Å². The van der Waals surface area contributed by atoms with Gasteiger partial charge in [0, 0.05) is 24.0 Å². The van der Waals surface area contributed by atoms with E-state index in [-0.39, 0.29) is 11.4 Å². The molecule has 3 rings (SSSR count). The minimum atomic E-state index is -0.277. The molecule has 2 aromatic carbocycles. The van der Waals surface area contributed by atoms with Crippen LogP contribution in [-0.2, 0) is 13.1 Å². The molecule has 0 spiro atoms. The van der Waals surface area contributed by atoms with Crippen LogP contribution in [0.2, 0.25) is 0 Å². The maximum Gasteiger partial charge on any atom is 0.253 e. The average molecular weight is 398 g/mol. The van der Waals surface area contributed by atoms with Gasteiger partial charge in [-0.15, -0.1) is 0 Å². The Hall–Kier alpha value is -2.73. The predicted molar refractivity (Wildman–Crippen MR) is 116 cm³/mol. The van der Waals surface area contributed by atoms with E-state index in [9.17, 15) is 9.18 Å². The first-order valence-electron chi connectivity index (χ1n) is 9.28. The number of H-pyrrole nitrogens is 1. The van der Waals surface area contributed by atoms with Gasteiger partial charge >= 0.3 is 0 Å². The summed E-state index contributed by atoms with van der Waals surface area (Å²) in [6, 6.07) is 12.3. The van der Waals surface area contributed by atoms with Gasteiger partial charge in [0.1, 0.15) is 5.82 Å². The Morgan fingerprint density at radius 2 is 1.79 bits per heavy atom. The van der Waals surface area contributed by atoms with Crippen molar-refractivity contribution in [2.24, 2.45) is 0 Å². The zero-order chi connectivity index (χ0) is 20.3. The molecule has 0 aliphatic rings. The Kier molecular flexibility index (Phi) is 6.09. The number of nitrogens with one attached hydrogen (secondary N) is 2. The number of aromatic amines is 1. The van der Waals surface area contributed by atoms with Gasteiger partial charge in [0.05, 0.1) is 12.1 Å². The summed E-state index contributed by atoms with van der Waals surface area (Å²) >= 11 is 5.51. The lowest BCUT2D eigenvalue weighted by molar-refractivity contribution is 0.398. The maximum absolute atomic E-state index is 13.2. The molecule has 0 fully saturated rings. The summed E-state index contributed by atoms with van der Waals surface area (Å²) in [7, 11) is 0. The fourth-order valence-electron chi connectivity index (χ4n) is 3.21. The van der Waals surface area contributed by atoms with Crippen LogP contribution in [0, 0.1) is 19.7 Å². The van der Waals surface area contributed by atoms with Crippen LogP contribution < -0.4 is 10.9 Å². The zero-order valence-electron chi connectivity index (χ0n) is 16.3. The summed E-state index contributed by atoms with van der Waals surface area (Å²) in [5, 5.41) is 4.74. The fourth-order valence-corrected chi connectivity index (χ4v) is 3.49. The van der Waals surface area contributed by atoms with Gasteiger partial charge in [0.15, 0.2) is 5.11 Å². The highest BCUT2D eigenvalue weighted by Crippen LogP contribution is 2.20. The molecule has 0 aliphatic carbocycles. The van der Waals surface area contributed by atoms with Gasteiger partial charge in [-0.2, -0.15) is 0 Å². The fraction of sp³-hybridized carbons (Fsp3) is 0.273. The summed E-state index contributed by atoms with van der Waals surface area (Å²) in [6.07, 6.45) is 0. The number of rotatable bonds is 5. The molecular formula is C22H24FN3OS. The number of pyridine rings is 1. The van der Waals surface area contributed by atoms with Crippen molar-refractivity contribution in [2.45, 2.75) is 33.9 Å². The lowest BCUT2D eigenvalue weighted by atomic mass is 10.0. The van der Waals surface area contributed by atoms with Gasteiger partial charge in [0.2, 0.25) is 0 Å². The van der Waals surface area contributed by atoms with E-state index in [0.717, 1.165) is 27.6 Å². The predicted octanol–water partition coefficient (Wildman–Crippen LogP) is 4.18. The van der Waals surface area contributed by atoms with Crippen molar-refractivity contribution >= 4 is 28.2 Å². The monoisotopic (exact) mass is 397 g/mol. The number of aryl methyl sites for hydroxylation is 2. The van der Waals surface area contributed by atoms with E-state index in [4.69, 9.17) is 12.2 Å². The molecule has 0 unspecified atom stereocenters. The van der Waals surface area contributed by atoms with Crippen LogP contribution >= 0.6 is 12.2 Å². The molecule has 0 amide bonds. The van der Waals surface area contributed by atoms with E-state index < -0.39 is 0 Å². The number of halogens is 1. The van der Waals surface area contributed by atoms with Crippen LogP contribution in [0.25, 0.3) is 10.9 Å². The molecule has 1 aromatic heterocycles. The maximum atomic E-state index is 13.2. The number of benzene rings is 2. The Morgan fingerprint density at radius 1 is 1.11 bits per heavy atom. The van der Waals surface area contributed by atoms with Crippen molar-refractivity contribution in [2.75, 3.05) is 6.54 Å². The highest BCUT2D eigenvalue weighted by atomic mass is 32.1. The van der Waals surface area contributed by atoms with Crippen molar-refractivity contribution in [1.29, 1.82) is 0 Å². The molecule has 4 nitrogen and oxygen atoms in total. The highest BCUT2D eigenvalue weighted by molar-refractivity contribution is 7.80. The van der Waals surface area contributed by atoms with Crippen LogP contribution in [-0.4, -0.2) is 21.5 Å². The quantitative estimate of drug-likeness (QED) is 0.634. The lowest BCUT2D eigenvalue weighted by Crippen LogP contribution is -2.39. The van der Waals surface area contributed by atoms with Crippen LogP contribution in [0.5, 0.6) is 0 Å². The summed E-state index contributed by atoms with van der Waals surface area (Å²) in [5.74, 6) is -0.277. The number of nitrogens with zero attached hydrogens (tertiary/aromatic N) is 1. The SMILES string of the molecule is CCNC(=S)N(Cc1ccc(F)cc1)Cc1cc2c(C)ccc(C)c2[nH]c1=O. The molecule has 0 bridgehead atoms. The second-order valence-electron chi connectivity index (χ2n) is 6.93. The summed E-state index contributed by atoms with van der Waals surface area (Å²) in [6.45, 7) is 7.52. The summed E-state index contributed by atoms with van der Waals surface area (Å²) in [4.78, 5) is 17.7. The van der Waals surface area contributed by atoms with Gasteiger partial charge in [-0.3, -0.25) is 4.79 Å². The van der Waals surface area contributed by atoms with E-state index in [1.54, 1.807) is 12.1 Å². The normalized spacial score (nSPS) is 10.9. The molecule has 3 aromatic rings. The third-order valence-corrected chi connectivity index (χ3v) is 5.19. The third-order valence-electron chi connectivity index (χ3n) is 4.78. The number of thiocarbonyl (C=S) groups is 1. The second kappa shape index (κ2) is 8.52. The van der Waals surface area contributed by atoms with Gasteiger partial charge in [-0.25, -0.2) is 4.39 Å². The van der Waals surface area contributed by atoms with E-state index in [1.165, 1.54) is 12.1 Å². The number of hydrogen-bond acceptors (Lipinski definition) is 2. The summed E-state index contributed by atoms with van der Waals surface area (Å²) in [5.41, 5.74) is 4.46. The number of fused-ring (bicyclic) bond motifs is 1. The molecule has 0 saturated carbocycles. The van der Waals surface area contributed by atoms with Crippen LogP contribution in [0.1, 0.15) is 29.2 Å². The van der Waals surface area contributed by atoms with Crippen molar-refractivity contribution in [1.82, 2.24) is 15.2 Å². The Bertz CT molecular complexity index is 1060. The minimum Gasteiger partial charge on any atom is -0.363 e. The molecular weight excluding hydrogens is 373 g/mol. The first-order chi connectivity index (χ1) is 13.4. The molecule has 28 heavy (non-hydrogen) atoms. The van der Waals surface area contributed by atoms with Crippen LogP contribution in [0.4, 0.5) is 4.39 Å². The molecule has 2 N–H and O–H groups in total. The van der Waals surface area contributed by atoms with Crippen molar-refractivity contribution < 1.29 is 4.39 Å². The molecule has 0 aliphatic heterocycles. The van der Waals surface area contributed by atoms with E-state index in [2.05, 4.69) is 16.4 Å². The zero-order valence-corrected chi connectivity index (χ0v) is 17.1. The Balaban J connectivity index is 1.96. The van der Waals surface area contributed by atoms with Gasteiger partial charge in [-0.1, -0.05) is 24.3 Å². The first kappa shape index (κ1) is 20.0. The molecule has 146 valence electrons. The smallest absolute Gasteiger partial charge is 0.253 e. The first-order valence-corrected chi connectivity index (χ1v) is 9.69. The summed E-state index contributed by atoms with van der Waals surface area (Å²) < 4.78 is 13.2. The third kappa shape index (κ3) is 4.39. The molecule has 6 heteroatoms. The van der Waals surface area contributed by atoms with Crippen LogP contribution in [0.15, 0.2) is 47.3 Å². The molecule has 0 atom stereocenters. The van der Waals surface area contributed by atoms with Gasteiger partial charge < -0.3 is 15.2 Å². The minimum absolute atomic E-state index is 0.121. The highest BCUT2D eigenvalue weighted by Gasteiger charge is 2.14. The second-order valence-corrected chi connectivity index (χ2v) is 7.32. The van der Waals surface area contributed by atoms with Crippen molar-refractivity contribution in [3.8, 4) is 0 Å². The molecule has 1 heterocycles. The van der Waals surface area contributed by atoms with Crippen molar-refractivity contribution in [3.05, 3.63) is 80.9 Å². The average Bonchev–Trinajstić information content (AvgIpc) is 2.67. The van der Waals surface area contributed by atoms with Crippen LogP contribution in [0.3, 0.4) is 0 Å². The van der Waals surface area contributed by atoms with E-state index in [0.29, 0.717) is 30.3 Å². The number of hydrogen-bond donors (Lipinski definition) is 2. The van der Waals surface area contributed by atoms with E-state index >= 15 is 0 Å². The Morgan fingerprint density at radius 3 is 2.46 bits per heavy atom. The van der Waals surface area contributed by atoms with Gasteiger partial charge in [-0.05, 0) is 67.9 Å². The van der Waals surface area contributed by atoms with E-state index in [1.807, 2.05) is 37.8 Å². The lowest BCUT2D eigenvalue weighted by Gasteiger charge is -2.26. The van der Waals surface area contributed by atoms with Gasteiger partial charge in [0.25, 0.3) is 5.56 Å². The molecule has 0 saturated heterocycles. The standard InChI is InChI=1S/C22H24FN3OS/c1-4-24-22(28)26(12-16-7-9-18(23)10-8-16)13-17-11-19-14(2)5-6-15(3)20(19)25-21(17)27/h5-11H,4,12-13H2,1-3H3,(H,24,28)(H,25,27). The number of aromatic nitrogens is 1. The van der Waals surface area contributed by atoms with Crippen molar-refractivity contribution in [3.63, 3.8) is 0 Å².